The van der Waals surface area contributed by atoms with E-state index in [1.807, 2.05) is 13.0 Å². The van der Waals surface area contributed by atoms with Crippen LogP contribution in [0.5, 0.6) is 5.75 Å². The molecule has 0 fully saturated rings. The minimum atomic E-state index is -0.408. The zero-order valence-corrected chi connectivity index (χ0v) is 9.12. The van der Waals surface area contributed by atoms with Gasteiger partial charge in [0.25, 0.3) is 0 Å². The van der Waals surface area contributed by atoms with Crippen LogP contribution >= 0.6 is 0 Å². The number of rotatable bonds is 2. The number of fused-ring (bicyclic) bond motifs is 1. The van der Waals surface area contributed by atoms with Crippen molar-refractivity contribution in [3.8, 4) is 5.75 Å². The van der Waals surface area contributed by atoms with Crippen LogP contribution in [0.4, 0.5) is 0 Å². The molecule has 0 saturated carbocycles. The van der Waals surface area contributed by atoms with Crippen molar-refractivity contribution in [2.75, 3.05) is 0 Å². The molecule has 2 rings (SSSR count). The SMILES string of the molecule is CCc1cc2c(C[NH3+])cc(=O)oc2cc1O. The lowest BCUT2D eigenvalue weighted by Crippen LogP contribution is -2.47. The van der Waals surface area contributed by atoms with E-state index in [1.54, 1.807) is 0 Å². The molecule has 4 nitrogen and oxygen atoms in total. The van der Waals surface area contributed by atoms with Crippen LogP contribution in [0.25, 0.3) is 11.0 Å². The smallest absolute Gasteiger partial charge is 0.336 e. The fraction of sp³-hybridized carbons (Fsp3) is 0.250. The van der Waals surface area contributed by atoms with Gasteiger partial charge >= 0.3 is 5.63 Å². The fourth-order valence-electron chi connectivity index (χ4n) is 1.80. The number of aryl methyl sites for hydroxylation is 1. The van der Waals surface area contributed by atoms with Gasteiger partial charge in [-0.25, -0.2) is 4.79 Å². The highest BCUT2D eigenvalue weighted by Crippen LogP contribution is 2.26. The third kappa shape index (κ3) is 1.67. The van der Waals surface area contributed by atoms with Crippen LogP contribution < -0.4 is 11.4 Å². The molecule has 0 aliphatic carbocycles. The maximum atomic E-state index is 11.3. The van der Waals surface area contributed by atoms with Crippen LogP contribution in [-0.2, 0) is 13.0 Å². The first-order valence-corrected chi connectivity index (χ1v) is 5.23. The number of hydrogen-bond acceptors (Lipinski definition) is 3. The van der Waals surface area contributed by atoms with Gasteiger partial charge in [-0.3, -0.25) is 0 Å². The summed E-state index contributed by atoms with van der Waals surface area (Å²) in [4.78, 5) is 11.3. The molecule has 4 N–H and O–H groups in total. The van der Waals surface area contributed by atoms with Crippen LogP contribution in [0.2, 0.25) is 0 Å². The minimum Gasteiger partial charge on any atom is -0.508 e. The van der Waals surface area contributed by atoms with Gasteiger partial charge in [0.2, 0.25) is 0 Å². The Balaban J connectivity index is 2.85. The summed E-state index contributed by atoms with van der Waals surface area (Å²) in [7, 11) is 0. The van der Waals surface area contributed by atoms with Crippen molar-refractivity contribution in [3.05, 3.63) is 39.7 Å². The summed E-state index contributed by atoms with van der Waals surface area (Å²) in [6.07, 6.45) is 0.734. The van der Waals surface area contributed by atoms with E-state index in [2.05, 4.69) is 5.73 Å². The van der Waals surface area contributed by atoms with E-state index in [1.165, 1.54) is 12.1 Å². The molecule has 1 heterocycles. The van der Waals surface area contributed by atoms with Gasteiger partial charge in [-0.1, -0.05) is 6.92 Å². The number of benzene rings is 1. The van der Waals surface area contributed by atoms with Crippen molar-refractivity contribution in [3.63, 3.8) is 0 Å². The van der Waals surface area contributed by atoms with E-state index in [-0.39, 0.29) is 5.75 Å². The van der Waals surface area contributed by atoms with Gasteiger partial charge in [-0.2, -0.15) is 0 Å². The first-order chi connectivity index (χ1) is 7.65. The molecular formula is C12H14NO3+. The zero-order valence-electron chi connectivity index (χ0n) is 9.12. The molecule has 0 aliphatic rings. The van der Waals surface area contributed by atoms with Crippen molar-refractivity contribution in [2.45, 2.75) is 19.9 Å². The number of phenols is 1. The number of hydrogen-bond donors (Lipinski definition) is 2. The molecule has 84 valence electrons. The molecule has 1 aromatic carbocycles. The van der Waals surface area contributed by atoms with Crippen LogP contribution in [-0.4, -0.2) is 5.11 Å². The molecule has 0 saturated heterocycles. The van der Waals surface area contributed by atoms with Gasteiger partial charge in [0, 0.05) is 23.1 Å². The Morgan fingerprint density at radius 1 is 1.31 bits per heavy atom. The van der Waals surface area contributed by atoms with E-state index in [0.717, 1.165) is 22.9 Å². The van der Waals surface area contributed by atoms with Crippen molar-refractivity contribution < 1.29 is 15.3 Å². The predicted molar refractivity (Wildman–Crippen MR) is 60.1 cm³/mol. The summed E-state index contributed by atoms with van der Waals surface area (Å²) in [5, 5.41) is 10.5. The summed E-state index contributed by atoms with van der Waals surface area (Å²) < 4.78 is 5.04. The van der Waals surface area contributed by atoms with Crippen LogP contribution in [0, 0.1) is 0 Å². The minimum absolute atomic E-state index is 0.166. The average Bonchev–Trinajstić information content (AvgIpc) is 2.26. The molecule has 0 radical (unpaired) electrons. The molecule has 16 heavy (non-hydrogen) atoms. The summed E-state index contributed by atoms with van der Waals surface area (Å²) in [5.41, 5.74) is 5.48. The Morgan fingerprint density at radius 3 is 2.69 bits per heavy atom. The molecule has 0 aliphatic heterocycles. The van der Waals surface area contributed by atoms with Crippen molar-refractivity contribution in [1.29, 1.82) is 0 Å². The lowest BCUT2D eigenvalue weighted by Gasteiger charge is -2.06. The first kappa shape index (κ1) is 10.7. The standard InChI is InChI=1S/C12H13NO3/c1-2-7-3-9-8(6-13)4-12(15)16-11(9)5-10(7)14/h3-5,14H,2,6,13H2,1H3/p+1. The second-order valence-corrected chi connectivity index (χ2v) is 3.67. The predicted octanol–water partition coefficient (Wildman–Crippen LogP) is 0.803. The summed E-state index contributed by atoms with van der Waals surface area (Å²) in [6.45, 7) is 2.49. The van der Waals surface area contributed by atoms with E-state index < -0.39 is 5.63 Å². The lowest BCUT2D eigenvalue weighted by atomic mass is 10.0. The monoisotopic (exact) mass is 220 g/mol. The largest absolute Gasteiger partial charge is 0.508 e. The Labute approximate surface area is 92.3 Å². The second kappa shape index (κ2) is 3.98. The van der Waals surface area contributed by atoms with Crippen molar-refractivity contribution >= 4 is 11.0 Å². The Hall–Kier alpha value is -1.81. The Kier molecular flexibility index (Phi) is 2.66. The maximum absolute atomic E-state index is 11.3. The third-order valence-corrected chi connectivity index (χ3v) is 2.68. The van der Waals surface area contributed by atoms with E-state index in [0.29, 0.717) is 12.1 Å². The molecule has 4 heteroatoms. The van der Waals surface area contributed by atoms with Gasteiger partial charge in [0.1, 0.15) is 17.9 Å². The van der Waals surface area contributed by atoms with Crippen LogP contribution in [0.15, 0.2) is 27.4 Å². The Bertz CT molecular complexity index is 587. The molecule has 0 atom stereocenters. The molecule has 0 amide bonds. The highest BCUT2D eigenvalue weighted by Gasteiger charge is 2.09. The maximum Gasteiger partial charge on any atom is 0.336 e. The number of aromatic hydroxyl groups is 1. The zero-order chi connectivity index (χ0) is 11.7. The highest BCUT2D eigenvalue weighted by molar-refractivity contribution is 5.82. The number of phenolic OH excluding ortho intramolecular Hbond substituents is 1. The Morgan fingerprint density at radius 2 is 2.06 bits per heavy atom. The summed E-state index contributed by atoms with van der Waals surface area (Å²) in [5.74, 6) is 0.166. The molecule has 1 aromatic heterocycles. The van der Waals surface area contributed by atoms with Gasteiger partial charge in [0.05, 0.1) is 0 Å². The molecule has 2 aromatic rings. The second-order valence-electron chi connectivity index (χ2n) is 3.67. The van der Waals surface area contributed by atoms with E-state index in [4.69, 9.17) is 4.42 Å². The lowest BCUT2D eigenvalue weighted by molar-refractivity contribution is -0.386. The van der Waals surface area contributed by atoms with E-state index in [9.17, 15) is 9.90 Å². The van der Waals surface area contributed by atoms with Gasteiger partial charge in [-0.15, -0.1) is 0 Å². The highest BCUT2D eigenvalue weighted by atomic mass is 16.4. The normalized spacial score (nSPS) is 10.9. The first-order valence-electron chi connectivity index (χ1n) is 5.23. The summed E-state index contributed by atoms with van der Waals surface area (Å²) >= 11 is 0. The third-order valence-electron chi connectivity index (χ3n) is 2.68. The fourth-order valence-corrected chi connectivity index (χ4v) is 1.80. The average molecular weight is 220 g/mol. The molecule has 0 bridgehead atoms. The van der Waals surface area contributed by atoms with Crippen molar-refractivity contribution in [1.82, 2.24) is 0 Å². The summed E-state index contributed by atoms with van der Waals surface area (Å²) in [6, 6.07) is 4.80. The van der Waals surface area contributed by atoms with Crippen LogP contribution in [0.3, 0.4) is 0 Å². The van der Waals surface area contributed by atoms with Gasteiger partial charge < -0.3 is 15.3 Å². The molecule has 0 spiro atoms. The van der Waals surface area contributed by atoms with E-state index >= 15 is 0 Å². The van der Waals surface area contributed by atoms with Gasteiger partial charge in [-0.05, 0) is 18.1 Å². The molecular weight excluding hydrogens is 206 g/mol. The van der Waals surface area contributed by atoms with Gasteiger partial charge in [0.15, 0.2) is 0 Å². The quantitative estimate of drug-likeness (QED) is 0.735. The number of quaternary nitrogens is 1. The topological polar surface area (TPSA) is 78.1 Å². The molecule has 0 unspecified atom stereocenters. The van der Waals surface area contributed by atoms with Crippen LogP contribution in [0.1, 0.15) is 18.1 Å². The van der Waals surface area contributed by atoms with Crippen molar-refractivity contribution in [2.24, 2.45) is 0 Å².